The van der Waals surface area contributed by atoms with Gasteiger partial charge in [-0.2, -0.15) is 0 Å². The van der Waals surface area contributed by atoms with E-state index >= 15 is 0 Å². The average Bonchev–Trinajstić information content (AvgIpc) is 2.34. The van der Waals surface area contributed by atoms with Gasteiger partial charge in [0.15, 0.2) is 0 Å². The van der Waals surface area contributed by atoms with Crippen LogP contribution in [0.4, 0.5) is 0 Å². The fourth-order valence-corrected chi connectivity index (χ4v) is 2.01. The number of nitrogens with one attached hydrogen (secondary N) is 1. The summed E-state index contributed by atoms with van der Waals surface area (Å²) in [6.45, 7) is 3.64. The zero-order valence-electron chi connectivity index (χ0n) is 10.8. The van der Waals surface area contributed by atoms with Crippen molar-refractivity contribution in [2.24, 2.45) is 5.92 Å². The number of hydrogen-bond donors (Lipinski definition) is 2. The first kappa shape index (κ1) is 14.5. The summed E-state index contributed by atoms with van der Waals surface area (Å²) < 4.78 is 0. The highest BCUT2D eigenvalue weighted by molar-refractivity contribution is 5.91. The van der Waals surface area contributed by atoms with Crippen molar-refractivity contribution < 1.29 is 19.5 Å². The molecule has 2 N–H and O–H groups in total. The Balaban J connectivity index is 2.72. The molecule has 2 amide bonds. The Morgan fingerprint density at radius 3 is 2.78 bits per heavy atom. The van der Waals surface area contributed by atoms with E-state index in [1.54, 1.807) is 6.92 Å². The molecule has 2 atom stereocenters. The van der Waals surface area contributed by atoms with Crippen LogP contribution in [-0.4, -0.2) is 46.9 Å². The van der Waals surface area contributed by atoms with Crippen LogP contribution in [0.3, 0.4) is 0 Å². The molecule has 18 heavy (non-hydrogen) atoms. The predicted molar refractivity (Wildman–Crippen MR) is 64.8 cm³/mol. The van der Waals surface area contributed by atoms with Crippen LogP contribution in [0, 0.1) is 5.92 Å². The maximum atomic E-state index is 12.1. The number of nitrogens with zero attached hydrogens (tertiary/aromatic N) is 1. The molecule has 0 aromatic heterocycles. The maximum absolute atomic E-state index is 12.1. The van der Waals surface area contributed by atoms with Crippen molar-refractivity contribution in [2.75, 3.05) is 13.1 Å². The van der Waals surface area contributed by atoms with Gasteiger partial charge in [-0.15, -0.1) is 0 Å². The second-order valence-corrected chi connectivity index (χ2v) is 4.67. The molecule has 6 heteroatoms. The standard InChI is InChI=1S/C12H20N2O4/c1-3-4-5-8(2)11(16)14-7-10(15)13-6-9(14)12(17)18/h8-9H,3-7H2,1-2H3,(H,13,15)(H,17,18). The molecule has 1 aliphatic heterocycles. The van der Waals surface area contributed by atoms with E-state index in [0.29, 0.717) is 0 Å². The zero-order chi connectivity index (χ0) is 13.7. The first-order valence-electron chi connectivity index (χ1n) is 6.27. The maximum Gasteiger partial charge on any atom is 0.328 e. The highest BCUT2D eigenvalue weighted by Crippen LogP contribution is 2.15. The second-order valence-electron chi connectivity index (χ2n) is 4.67. The molecule has 0 radical (unpaired) electrons. The van der Waals surface area contributed by atoms with E-state index in [1.165, 1.54) is 4.90 Å². The third kappa shape index (κ3) is 3.45. The van der Waals surface area contributed by atoms with Crippen LogP contribution < -0.4 is 5.32 Å². The predicted octanol–water partition coefficient (Wildman–Crippen LogP) is 0.224. The van der Waals surface area contributed by atoms with Crippen molar-refractivity contribution >= 4 is 17.8 Å². The smallest absolute Gasteiger partial charge is 0.328 e. The third-order valence-electron chi connectivity index (χ3n) is 3.16. The van der Waals surface area contributed by atoms with Gasteiger partial charge in [0.25, 0.3) is 0 Å². The van der Waals surface area contributed by atoms with Crippen molar-refractivity contribution in [2.45, 2.75) is 39.2 Å². The molecule has 0 spiro atoms. The van der Waals surface area contributed by atoms with E-state index in [0.717, 1.165) is 19.3 Å². The minimum atomic E-state index is -1.08. The number of carboxylic acids is 1. The topological polar surface area (TPSA) is 86.7 Å². The molecule has 0 aromatic carbocycles. The first-order chi connectivity index (χ1) is 8.47. The highest BCUT2D eigenvalue weighted by atomic mass is 16.4. The van der Waals surface area contributed by atoms with Gasteiger partial charge in [-0.3, -0.25) is 9.59 Å². The Kier molecular flexibility index (Phi) is 5.12. The summed E-state index contributed by atoms with van der Waals surface area (Å²) in [6, 6.07) is -0.945. The van der Waals surface area contributed by atoms with Crippen molar-refractivity contribution in [3.8, 4) is 0 Å². The van der Waals surface area contributed by atoms with Gasteiger partial charge in [-0.25, -0.2) is 4.79 Å². The number of piperazine rings is 1. The minimum absolute atomic E-state index is 0.0135. The summed E-state index contributed by atoms with van der Waals surface area (Å²) >= 11 is 0. The second kappa shape index (κ2) is 6.37. The van der Waals surface area contributed by atoms with E-state index in [-0.39, 0.29) is 30.8 Å². The van der Waals surface area contributed by atoms with Crippen LogP contribution in [0.2, 0.25) is 0 Å². The summed E-state index contributed by atoms with van der Waals surface area (Å²) in [5, 5.41) is 11.5. The fraction of sp³-hybridized carbons (Fsp3) is 0.750. The first-order valence-corrected chi connectivity index (χ1v) is 6.27. The van der Waals surface area contributed by atoms with E-state index in [4.69, 9.17) is 5.11 Å². The van der Waals surface area contributed by atoms with E-state index in [9.17, 15) is 14.4 Å². The Bertz CT molecular complexity index is 343. The Hall–Kier alpha value is -1.59. The number of carbonyl (C=O) groups is 3. The lowest BCUT2D eigenvalue weighted by atomic mass is 10.0. The molecule has 1 rings (SSSR count). The van der Waals surface area contributed by atoms with Gasteiger partial charge < -0.3 is 15.3 Å². The fourth-order valence-electron chi connectivity index (χ4n) is 2.01. The van der Waals surface area contributed by atoms with Crippen molar-refractivity contribution in [1.82, 2.24) is 10.2 Å². The van der Waals surface area contributed by atoms with Gasteiger partial charge in [0.05, 0.1) is 0 Å². The van der Waals surface area contributed by atoms with Crippen LogP contribution in [-0.2, 0) is 14.4 Å². The van der Waals surface area contributed by atoms with Crippen LogP contribution in [0.15, 0.2) is 0 Å². The van der Waals surface area contributed by atoms with Crippen molar-refractivity contribution in [1.29, 1.82) is 0 Å². The SMILES string of the molecule is CCCCC(C)C(=O)N1CC(=O)NCC1C(=O)O. The molecule has 2 unspecified atom stereocenters. The molecular formula is C12H20N2O4. The van der Waals surface area contributed by atoms with Crippen LogP contribution in [0.25, 0.3) is 0 Å². The Morgan fingerprint density at radius 2 is 2.22 bits per heavy atom. The summed E-state index contributed by atoms with van der Waals surface area (Å²) in [5.74, 6) is -1.86. The number of carbonyl (C=O) groups excluding carboxylic acids is 2. The molecule has 1 aliphatic rings. The Morgan fingerprint density at radius 1 is 1.56 bits per heavy atom. The summed E-state index contributed by atoms with van der Waals surface area (Å²) in [4.78, 5) is 35.7. The molecule has 0 aromatic rings. The largest absolute Gasteiger partial charge is 0.480 e. The summed E-state index contributed by atoms with van der Waals surface area (Å²) in [6.07, 6.45) is 2.63. The van der Waals surface area contributed by atoms with Gasteiger partial charge in [0.1, 0.15) is 12.6 Å². The van der Waals surface area contributed by atoms with Gasteiger partial charge in [-0.05, 0) is 6.42 Å². The van der Waals surface area contributed by atoms with Gasteiger partial charge >= 0.3 is 5.97 Å². The normalized spacial score (nSPS) is 21.3. The van der Waals surface area contributed by atoms with Crippen LogP contribution in [0.1, 0.15) is 33.1 Å². The van der Waals surface area contributed by atoms with Gasteiger partial charge in [0, 0.05) is 12.5 Å². The molecule has 1 heterocycles. The third-order valence-corrected chi connectivity index (χ3v) is 3.16. The molecule has 102 valence electrons. The molecule has 0 saturated carbocycles. The van der Waals surface area contributed by atoms with E-state index < -0.39 is 12.0 Å². The molecular weight excluding hydrogens is 236 g/mol. The average molecular weight is 256 g/mol. The molecule has 1 fully saturated rings. The molecule has 0 aliphatic carbocycles. The minimum Gasteiger partial charge on any atom is -0.480 e. The lowest BCUT2D eigenvalue weighted by molar-refractivity contribution is -0.155. The van der Waals surface area contributed by atoms with Crippen LogP contribution in [0.5, 0.6) is 0 Å². The summed E-state index contributed by atoms with van der Waals surface area (Å²) in [5.41, 5.74) is 0. The lowest BCUT2D eigenvalue weighted by Crippen LogP contribution is -2.60. The van der Waals surface area contributed by atoms with E-state index in [1.807, 2.05) is 6.92 Å². The van der Waals surface area contributed by atoms with Gasteiger partial charge in [0.2, 0.25) is 11.8 Å². The Labute approximate surface area is 106 Å². The zero-order valence-corrected chi connectivity index (χ0v) is 10.8. The van der Waals surface area contributed by atoms with Crippen molar-refractivity contribution in [3.63, 3.8) is 0 Å². The monoisotopic (exact) mass is 256 g/mol. The van der Waals surface area contributed by atoms with Crippen LogP contribution >= 0.6 is 0 Å². The molecule has 6 nitrogen and oxygen atoms in total. The number of amides is 2. The highest BCUT2D eigenvalue weighted by Gasteiger charge is 2.36. The molecule has 0 bridgehead atoms. The number of unbranched alkanes of at least 4 members (excludes halogenated alkanes) is 1. The quantitative estimate of drug-likeness (QED) is 0.737. The summed E-state index contributed by atoms with van der Waals surface area (Å²) in [7, 11) is 0. The number of aliphatic carboxylic acids is 1. The number of hydrogen-bond acceptors (Lipinski definition) is 3. The lowest BCUT2D eigenvalue weighted by Gasteiger charge is -2.34. The number of carboxylic acid groups (broad SMARTS) is 1. The van der Waals surface area contributed by atoms with E-state index in [2.05, 4.69) is 5.32 Å². The van der Waals surface area contributed by atoms with Gasteiger partial charge in [-0.1, -0.05) is 26.7 Å². The molecule has 1 saturated heterocycles. The number of rotatable bonds is 5. The van der Waals surface area contributed by atoms with Crippen molar-refractivity contribution in [3.05, 3.63) is 0 Å².